The lowest BCUT2D eigenvalue weighted by atomic mass is 10.1. The van der Waals surface area contributed by atoms with Crippen LogP contribution in [0.25, 0.3) is 0 Å². The van der Waals surface area contributed by atoms with Crippen LogP contribution in [0.5, 0.6) is 11.5 Å². The van der Waals surface area contributed by atoms with E-state index in [1.165, 1.54) is 7.11 Å². The van der Waals surface area contributed by atoms with Gasteiger partial charge >= 0.3 is 11.9 Å². The molecule has 2 aromatic rings. The molecule has 0 saturated heterocycles. The van der Waals surface area contributed by atoms with Gasteiger partial charge in [0.15, 0.2) is 0 Å². The van der Waals surface area contributed by atoms with Crippen LogP contribution in [0, 0.1) is 0 Å². The first kappa shape index (κ1) is 20.0. The van der Waals surface area contributed by atoms with Crippen LogP contribution in [0.1, 0.15) is 11.1 Å². The fourth-order valence-corrected chi connectivity index (χ4v) is 1.90. The zero-order valence-corrected chi connectivity index (χ0v) is 14.5. The van der Waals surface area contributed by atoms with Crippen LogP contribution in [0.3, 0.4) is 0 Å². The third-order valence-corrected chi connectivity index (χ3v) is 3.25. The minimum atomic E-state index is -0.819. The van der Waals surface area contributed by atoms with E-state index in [0.717, 1.165) is 22.6 Å². The number of rotatable bonds is 6. The number of hydrogen-bond donors (Lipinski definition) is 1. The number of benzene rings is 2. The summed E-state index contributed by atoms with van der Waals surface area (Å²) in [4.78, 5) is 21.2. The van der Waals surface area contributed by atoms with E-state index in [-0.39, 0.29) is 12.4 Å². The molecule has 0 amide bonds. The molecule has 6 nitrogen and oxygen atoms in total. The molecule has 0 heterocycles. The molecule has 0 aliphatic rings. The molecule has 2 rings (SSSR count). The van der Waals surface area contributed by atoms with Crippen molar-refractivity contribution in [1.82, 2.24) is 0 Å². The Morgan fingerprint density at radius 1 is 0.760 bits per heavy atom. The molecule has 0 saturated carbocycles. The molecule has 0 bridgehead atoms. The number of carbonyl (C=O) groups excluding carboxylic acids is 1. The number of methoxy groups -OCH3 is 3. The summed E-state index contributed by atoms with van der Waals surface area (Å²) in [5.41, 5.74) is 1.70. The predicted molar refractivity (Wildman–Crippen MR) is 93.0 cm³/mol. The van der Waals surface area contributed by atoms with Crippen LogP contribution < -0.4 is 9.47 Å². The average molecular weight is 346 g/mol. The Balaban J connectivity index is 0.000000251. The fraction of sp³-hybridized carbons (Fsp3) is 0.263. The topological polar surface area (TPSA) is 82.1 Å². The van der Waals surface area contributed by atoms with Crippen molar-refractivity contribution in [2.24, 2.45) is 0 Å². The summed E-state index contributed by atoms with van der Waals surface area (Å²) in [6.45, 7) is 0. The van der Waals surface area contributed by atoms with Crippen molar-refractivity contribution in [3.05, 3.63) is 59.7 Å². The van der Waals surface area contributed by atoms with Crippen LogP contribution in [0.15, 0.2) is 48.5 Å². The Bertz CT molecular complexity index is 661. The first-order valence-electron chi connectivity index (χ1n) is 7.53. The summed E-state index contributed by atoms with van der Waals surface area (Å²) < 4.78 is 14.5. The van der Waals surface area contributed by atoms with Gasteiger partial charge in [-0.15, -0.1) is 0 Å². The van der Waals surface area contributed by atoms with Crippen molar-refractivity contribution < 1.29 is 28.9 Å². The number of carboxylic acids is 1. The smallest absolute Gasteiger partial charge is 0.309 e. The van der Waals surface area contributed by atoms with Crippen molar-refractivity contribution in [1.29, 1.82) is 0 Å². The Labute approximate surface area is 147 Å². The first-order valence-corrected chi connectivity index (χ1v) is 7.53. The molecule has 0 spiro atoms. The minimum absolute atomic E-state index is 0.0595. The maximum absolute atomic E-state index is 10.9. The number of hydrogen-bond acceptors (Lipinski definition) is 5. The van der Waals surface area contributed by atoms with Gasteiger partial charge in [0.1, 0.15) is 11.5 Å². The molecule has 6 heteroatoms. The first-order chi connectivity index (χ1) is 12.0. The van der Waals surface area contributed by atoms with Crippen molar-refractivity contribution in [2.75, 3.05) is 21.3 Å². The molecule has 0 aliphatic heterocycles. The lowest BCUT2D eigenvalue weighted by Crippen LogP contribution is -2.04. The highest BCUT2D eigenvalue weighted by Gasteiger charge is 2.02. The summed E-state index contributed by atoms with van der Waals surface area (Å²) in [5, 5.41) is 8.46. The molecule has 0 aromatic heterocycles. The van der Waals surface area contributed by atoms with Gasteiger partial charge in [-0.25, -0.2) is 0 Å². The maximum atomic E-state index is 10.9. The summed E-state index contributed by atoms with van der Waals surface area (Å²) in [7, 11) is 4.56. The van der Waals surface area contributed by atoms with Gasteiger partial charge in [0.05, 0.1) is 34.2 Å². The number of aliphatic carboxylic acids is 1. The van der Waals surface area contributed by atoms with E-state index < -0.39 is 5.97 Å². The van der Waals surface area contributed by atoms with Crippen molar-refractivity contribution in [3.8, 4) is 11.5 Å². The van der Waals surface area contributed by atoms with E-state index >= 15 is 0 Å². The van der Waals surface area contributed by atoms with E-state index in [1.54, 1.807) is 38.5 Å². The van der Waals surface area contributed by atoms with E-state index in [1.807, 2.05) is 24.3 Å². The zero-order chi connectivity index (χ0) is 18.7. The second-order valence-corrected chi connectivity index (χ2v) is 5.02. The monoisotopic (exact) mass is 346 g/mol. The molecule has 2 aromatic carbocycles. The number of ether oxygens (including phenoxy) is 3. The number of carboxylic acid groups (broad SMARTS) is 1. The Kier molecular flexibility index (Phi) is 8.57. The van der Waals surface area contributed by atoms with Crippen LogP contribution in [0.4, 0.5) is 0 Å². The molecule has 0 radical (unpaired) electrons. The molecule has 0 aliphatic carbocycles. The summed E-state index contributed by atoms with van der Waals surface area (Å²) in [6, 6.07) is 14.3. The summed E-state index contributed by atoms with van der Waals surface area (Å²) in [5.74, 6) is 0.475. The highest BCUT2D eigenvalue weighted by molar-refractivity contribution is 5.72. The average Bonchev–Trinajstić information content (AvgIpc) is 2.63. The van der Waals surface area contributed by atoms with Gasteiger partial charge < -0.3 is 19.3 Å². The fourth-order valence-electron chi connectivity index (χ4n) is 1.90. The number of esters is 1. The van der Waals surface area contributed by atoms with Gasteiger partial charge in [-0.2, -0.15) is 0 Å². The molecular formula is C19H22O6. The predicted octanol–water partition coefficient (Wildman–Crippen LogP) is 2.73. The molecule has 1 N–H and O–H groups in total. The zero-order valence-electron chi connectivity index (χ0n) is 14.5. The Morgan fingerprint density at radius 3 is 1.48 bits per heavy atom. The third kappa shape index (κ3) is 7.87. The standard InChI is InChI=1S/C10H12O3.C9H10O3/c1-12-9-5-3-8(4-6-9)7-10(11)13-2;1-12-8-4-2-7(3-5-8)6-9(10)11/h3-6H,7H2,1-2H3;2-5H,6H2,1H3,(H,10,11). The van der Waals surface area contributed by atoms with Crippen LogP contribution in [-0.2, 0) is 27.2 Å². The highest BCUT2D eigenvalue weighted by atomic mass is 16.5. The minimum Gasteiger partial charge on any atom is -0.497 e. The molecule has 0 atom stereocenters. The Hall–Kier alpha value is -3.02. The molecule has 134 valence electrons. The molecule has 0 fully saturated rings. The van der Waals surface area contributed by atoms with Crippen LogP contribution in [0.2, 0.25) is 0 Å². The largest absolute Gasteiger partial charge is 0.497 e. The third-order valence-electron chi connectivity index (χ3n) is 3.25. The van der Waals surface area contributed by atoms with Gasteiger partial charge in [0.2, 0.25) is 0 Å². The second kappa shape index (κ2) is 10.7. The van der Waals surface area contributed by atoms with Gasteiger partial charge in [0.25, 0.3) is 0 Å². The van der Waals surface area contributed by atoms with E-state index in [0.29, 0.717) is 6.42 Å². The summed E-state index contributed by atoms with van der Waals surface area (Å²) >= 11 is 0. The molecule has 25 heavy (non-hydrogen) atoms. The van der Waals surface area contributed by atoms with Crippen LogP contribution >= 0.6 is 0 Å². The van der Waals surface area contributed by atoms with Crippen molar-refractivity contribution >= 4 is 11.9 Å². The molecule has 0 unspecified atom stereocenters. The van der Waals surface area contributed by atoms with Crippen molar-refractivity contribution in [3.63, 3.8) is 0 Å². The quantitative estimate of drug-likeness (QED) is 0.810. The molecular weight excluding hydrogens is 324 g/mol. The lowest BCUT2D eigenvalue weighted by molar-refractivity contribution is -0.140. The van der Waals surface area contributed by atoms with E-state index in [9.17, 15) is 9.59 Å². The van der Waals surface area contributed by atoms with Crippen LogP contribution in [-0.4, -0.2) is 38.4 Å². The van der Waals surface area contributed by atoms with Gasteiger partial charge in [0, 0.05) is 0 Å². The van der Waals surface area contributed by atoms with Gasteiger partial charge in [-0.3, -0.25) is 9.59 Å². The van der Waals surface area contributed by atoms with E-state index in [4.69, 9.17) is 14.6 Å². The number of carbonyl (C=O) groups is 2. The Morgan fingerprint density at radius 2 is 1.16 bits per heavy atom. The van der Waals surface area contributed by atoms with E-state index in [2.05, 4.69) is 4.74 Å². The maximum Gasteiger partial charge on any atom is 0.309 e. The SMILES string of the molecule is COC(=O)Cc1ccc(OC)cc1.COc1ccc(CC(=O)O)cc1. The lowest BCUT2D eigenvalue weighted by Gasteiger charge is -2.01. The van der Waals surface area contributed by atoms with Gasteiger partial charge in [-0.05, 0) is 35.4 Å². The second-order valence-electron chi connectivity index (χ2n) is 5.02. The normalized spacial score (nSPS) is 9.40. The van der Waals surface area contributed by atoms with Gasteiger partial charge in [-0.1, -0.05) is 24.3 Å². The summed E-state index contributed by atoms with van der Waals surface area (Å²) in [6.07, 6.45) is 0.366. The van der Waals surface area contributed by atoms with Crippen molar-refractivity contribution in [2.45, 2.75) is 12.8 Å². The highest BCUT2D eigenvalue weighted by Crippen LogP contribution is 2.12.